The molecule has 51 heavy (non-hydrogen) atoms. The number of phosphoric ester groups is 1. The number of aliphatic carboxylic acids is 1. The number of carbonyl (C=O) groups is 2. The first kappa shape index (κ1) is 49.5. The third-order valence-electron chi connectivity index (χ3n) is 8.71. The van der Waals surface area contributed by atoms with Crippen LogP contribution in [0.15, 0.2) is 24.3 Å². The first-order valence-corrected chi connectivity index (χ1v) is 21.9. The molecular weight excluding hydrogens is 669 g/mol. The van der Waals surface area contributed by atoms with E-state index >= 15 is 0 Å². The molecule has 0 aliphatic heterocycles. The van der Waals surface area contributed by atoms with Gasteiger partial charge in [-0.2, -0.15) is 0 Å². The van der Waals surface area contributed by atoms with E-state index < -0.39 is 45.1 Å². The van der Waals surface area contributed by atoms with Crippen molar-refractivity contribution in [1.29, 1.82) is 0 Å². The number of esters is 1. The van der Waals surface area contributed by atoms with E-state index in [0.717, 1.165) is 64.2 Å². The minimum absolute atomic E-state index is 0.0149. The van der Waals surface area contributed by atoms with Gasteiger partial charge in [0.2, 0.25) is 0 Å². The lowest BCUT2D eigenvalue weighted by molar-refractivity contribution is -0.154. The average Bonchev–Trinajstić information content (AvgIpc) is 3.10. The second kappa shape index (κ2) is 36.8. The quantitative estimate of drug-likeness (QED) is 0.0240. The van der Waals surface area contributed by atoms with Gasteiger partial charge in [-0.25, -0.2) is 4.57 Å². The van der Waals surface area contributed by atoms with Crippen molar-refractivity contribution in [2.24, 2.45) is 5.73 Å². The minimum atomic E-state index is -4.61. The maximum atomic E-state index is 12.6. The Morgan fingerprint density at radius 1 is 0.627 bits per heavy atom. The summed E-state index contributed by atoms with van der Waals surface area (Å²) < 4.78 is 33.3. The maximum Gasteiger partial charge on any atom is 0.472 e. The van der Waals surface area contributed by atoms with E-state index in [1.54, 1.807) is 0 Å². The second-order valence-electron chi connectivity index (χ2n) is 13.8. The Morgan fingerprint density at radius 3 is 1.67 bits per heavy atom. The summed E-state index contributed by atoms with van der Waals surface area (Å²) in [4.78, 5) is 33.4. The molecule has 0 saturated carbocycles. The van der Waals surface area contributed by atoms with Crippen LogP contribution < -0.4 is 5.73 Å². The number of hydrogen-bond donors (Lipinski definition) is 3. The SMILES string of the molecule is CCC/C=C\C/C=C\CCCCCCCC(=O)OC(COCCCCCCCCCCCCCCCCCC)COP(=O)(O)OCC(N)C(=O)O. The van der Waals surface area contributed by atoms with Crippen LogP contribution in [0.4, 0.5) is 0 Å². The predicted molar refractivity (Wildman–Crippen MR) is 208 cm³/mol. The van der Waals surface area contributed by atoms with Crippen molar-refractivity contribution in [2.45, 2.75) is 193 Å². The lowest BCUT2D eigenvalue weighted by Gasteiger charge is -2.20. The second-order valence-corrected chi connectivity index (χ2v) is 15.2. The summed E-state index contributed by atoms with van der Waals surface area (Å²) in [5.41, 5.74) is 5.34. The van der Waals surface area contributed by atoms with Gasteiger partial charge in [-0.3, -0.25) is 18.6 Å². The van der Waals surface area contributed by atoms with Gasteiger partial charge in [0.15, 0.2) is 0 Å². The monoisotopic (exact) mass is 746 g/mol. The van der Waals surface area contributed by atoms with Gasteiger partial charge in [0.25, 0.3) is 0 Å². The molecule has 10 nitrogen and oxygen atoms in total. The first-order valence-electron chi connectivity index (χ1n) is 20.4. The molecule has 0 aromatic heterocycles. The van der Waals surface area contributed by atoms with Gasteiger partial charge in [-0.1, -0.05) is 160 Å². The standard InChI is InChI=1S/C40H76NO9P/c1-3-5-7-9-11-13-15-17-18-19-21-23-25-27-29-31-33-47-34-37(35-48-51(45,46)49-36-38(41)40(43)44)50-39(42)32-30-28-26-24-22-20-16-14-12-10-8-6-4-2/h8,10,14,16,37-38H,3-7,9,11-13,15,17-36,41H2,1-2H3,(H,43,44)(H,45,46)/b10-8-,16-14-. The van der Waals surface area contributed by atoms with E-state index in [4.69, 9.17) is 29.4 Å². The van der Waals surface area contributed by atoms with E-state index in [0.29, 0.717) is 13.0 Å². The van der Waals surface area contributed by atoms with Crippen molar-refractivity contribution in [3.63, 3.8) is 0 Å². The number of carboxylic acid groups (broad SMARTS) is 1. The van der Waals surface area contributed by atoms with Crippen LogP contribution in [-0.2, 0) is 32.7 Å². The Hall–Kier alpha value is -1.55. The van der Waals surface area contributed by atoms with E-state index in [1.165, 1.54) is 89.9 Å². The zero-order valence-electron chi connectivity index (χ0n) is 32.5. The Morgan fingerprint density at radius 2 is 1.12 bits per heavy atom. The van der Waals surface area contributed by atoms with Gasteiger partial charge in [-0.15, -0.1) is 0 Å². The van der Waals surface area contributed by atoms with Crippen LogP contribution in [-0.4, -0.2) is 60.5 Å². The Bertz CT molecular complexity index is 914. The molecule has 0 bridgehead atoms. The molecule has 4 N–H and O–H groups in total. The van der Waals surface area contributed by atoms with Crippen molar-refractivity contribution in [2.75, 3.05) is 26.4 Å². The largest absolute Gasteiger partial charge is 0.480 e. The number of phosphoric acid groups is 1. The first-order chi connectivity index (χ1) is 24.7. The van der Waals surface area contributed by atoms with Crippen molar-refractivity contribution >= 4 is 19.8 Å². The van der Waals surface area contributed by atoms with Crippen LogP contribution in [0.1, 0.15) is 181 Å². The Labute approximate surface area is 311 Å². The van der Waals surface area contributed by atoms with Crippen LogP contribution in [0.5, 0.6) is 0 Å². The predicted octanol–water partition coefficient (Wildman–Crippen LogP) is 10.8. The third-order valence-corrected chi connectivity index (χ3v) is 9.67. The number of unbranched alkanes of at least 4 members (excludes halogenated alkanes) is 21. The highest BCUT2D eigenvalue weighted by Gasteiger charge is 2.27. The lowest BCUT2D eigenvalue weighted by Crippen LogP contribution is -2.34. The highest BCUT2D eigenvalue weighted by molar-refractivity contribution is 7.47. The Kier molecular flexibility index (Phi) is 35.7. The number of rotatable bonds is 39. The number of hydrogen-bond acceptors (Lipinski definition) is 8. The van der Waals surface area contributed by atoms with Gasteiger partial charge in [0, 0.05) is 13.0 Å². The molecule has 0 aliphatic rings. The van der Waals surface area contributed by atoms with Crippen molar-refractivity contribution < 1.29 is 42.7 Å². The minimum Gasteiger partial charge on any atom is -0.480 e. The summed E-state index contributed by atoms with van der Waals surface area (Å²) in [6.07, 6.45) is 38.0. The molecule has 0 rings (SSSR count). The summed E-state index contributed by atoms with van der Waals surface area (Å²) in [6.45, 7) is 3.81. The number of nitrogens with two attached hydrogens (primary N) is 1. The molecular formula is C40H76NO9P. The zero-order valence-corrected chi connectivity index (χ0v) is 33.3. The Balaban J connectivity index is 4.26. The molecule has 300 valence electrons. The number of ether oxygens (including phenoxy) is 2. The van der Waals surface area contributed by atoms with E-state index in [-0.39, 0.29) is 13.0 Å². The fraction of sp³-hybridized carbons (Fsp3) is 0.850. The number of carboxylic acids is 1. The van der Waals surface area contributed by atoms with Gasteiger partial charge in [0.05, 0.1) is 19.8 Å². The molecule has 11 heteroatoms. The molecule has 0 radical (unpaired) electrons. The summed E-state index contributed by atoms with van der Waals surface area (Å²) in [7, 11) is -4.61. The fourth-order valence-electron chi connectivity index (χ4n) is 5.52. The molecule has 0 aromatic rings. The number of carbonyl (C=O) groups excluding carboxylic acids is 1. The van der Waals surface area contributed by atoms with Crippen molar-refractivity contribution in [1.82, 2.24) is 0 Å². The molecule has 0 spiro atoms. The summed E-state index contributed by atoms with van der Waals surface area (Å²) in [5, 5.41) is 8.87. The highest BCUT2D eigenvalue weighted by Crippen LogP contribution is 2.43. The normalized spacial score (nSPS) is 14.3. The highest BCUT2D eigenvalue weighted by atomic mass is 31.2. The van der Waals surface area contributed by atoms with Gasteiger partial charge >= 0.3 is 19.8 Å². The van der Waals surface area contributed by atoms with Crippen LogP contribution in [0, 0.1) is 0 Å². The average molecular weight is 746 g/mol. The summed E-state index contributed by atoms with van der Waals surface area (Å²) in [6, 6.07) is -1.47. The topological polar surface area (TPSA) is 155 Å². The van der Waals surface area contributed by atoms with Crippen LogP contribution in [0.3, 0.4) is 0 Å². The smallest absolute Gasteiger partial charge is 0.472 e. The van der Waals surface area contributed by atoms with E-state index in [2.05, 4.69) is 38.2 Å². The maximum absolute atomic E-state index is 12.6. The van der Waals surface area contributed by atoms with Crippen LogP contribution in [0.2, 0.25) is 0 Å². The molecule has 0 fully saturated rings. The van der Waals surface area contributed by atoms with Gasteiger partial charge in [-0.05, 0) is 38.5 Å². The van der Waals surface area contributed by atoms with E-state index in [1.807, 2.05) is 0 Å². The number of allylic oxidation sites excluding steroid dienone is 4. The molecule has 0 heterocycles. The fourth-order valence-corrected chi connectivity index (χ4v) is 6.30. The molecule has 3 unspecified atom stereocenters. The van der Waals surface area contributed by atoms with Crippen LogP contribution >= 0.6 is 7.82 Å². The van der Waals surface area contributed by atoms with Gasteiger partial charge in [0.1, 0.15) is 12.1 Å². The van der Waals surface area contributed by atoms with Gasteiger partial charge < -0.3 is 25.2 Å². The van der Waals surface area contributed by atoms with Crippen molar-refractivity contribution in [3.8, 4) is 0 Å². The third kappa shape index (κ3) is 36.6. The van der Waals surface area contributed by atoms with Crippen molar-refractivity contribution in [3.05, 3.63) is 24.3 Å². The molecule has 3 atom stereocenters. The van der Waals surface area contributed by atoms with Crippen LogP contribution in [0.25, 0.3) is 0 Å². The van der Waals surface area contributed by atoms with E-state index in [9.17, 15) is 19.0 Å². The molecule has 0 amide bonds. The summed E-state index contributed by atoms with van der Waals surface area (Å²) >= 11 is 0. The summed E-state index contributed by atoms with van der Waals surface area (Å²) in [5.74, 6) is -1.79. The zero-order chi connectivity index (χ0) is 37.7. The molecule has 0 aliphatic carbocycles. The molecule has 0 saturated heterocycles. The lowest BCUT2D eigenvalue weighted by atomic mass is 10.0. The molecule has 0 aromatic carbocycles.